The number of aliphatic hydroxyl groups is 1. The van der Waals surface area contributed by atoms with Gasteiger partial charge in [-0.3, -0.25) is 14.8 Å². The van der Waals surface area contributed by atoms with E-state index in [0.29, 0.717) is 12.1 Å². The quantitative estimate of drug-likeness (QED) is 0.216. The number of hydrogen-bond donors (Lipinski definition) is 5. The van der Waals surface area contributed by atoms with Gasteiger partial charge in [0, 0.05) is 29.4 Å². The summed E-state index contributed by atoms with van der Waals surface area (Å²) in [5.41, 5.74) is 4.31. The third-order valence-electron chi connectivity index (χ3n) is 4.74. The molecule has 1 heterocycles. The first-order valence-electron chi connectivity index (χ1n) is 10.2. The number of nitrogens with one attached hydrogen (secondary N) is 3. The molecule has 0 bridgehead atoms. The molecule has 8 heteroatoms. The molecule has 33 heavy (non-hydrogen) atoms. The first kappa shape index (κ1) is 23.5. The smallest absolute Gasteiger partial charge is 0.268 e. The molecule has 2 unspecified atom stereocenters. The second-order valence-electron chi connectivity index (χ2n) is 7.27. The van der Waals surface area contributed by atoms with Crippen LogP contribution in [0.1, 0.15) is 34.0 Å². The topological polar surface area (TPSA) is 124 Å². The molecule has 5 N–H and O–H groups in total. The molecule has 3 aromatic rings. The Labute approximate surface area is 191 Å². The third-order valence-corrected chi connectivity index (χ3v) is 4.74. The second kappa shape index (κ2) is 11.4. The Morgan fingerprint density at radius 2 is 1.64 bits per heavy atom. The van der Waals surface area contributed by atoms with Crippen molar-refractivity contribution >= 4 is 17.6 Å². The summed E-state index contributed by atoms with van der Waals surface area (Å²) in [6.45, 7) is 2.01. The molecule has 1 aromatic heterocycles. The predicted octanol–water partition coefficient (Wildman–Crippen LogP) is 2.08. The lowest BCUT2D eigenvalue weighted by atomic mass is 10.1. The first-order chi connectivity index (χ1) is 16.0. The standard InChI is InChI=1S/C25H24N4O4/c1-17(30)23(25(32)29-33)28-24(31)21-12-9-18(10-13-21)7-8-20-11-14-22(27-16-20)26-15-19-5-3-2-4-6-19/h2-6,9-14,16-17,23,30,33H,15H2,1H3,(H,26,27)(H,28,31)(H,29,32). The zero-order valence-electron chi connectivity index (χ0n) is 17.9. The van der Waals surface area contributed by atoms with E-state index in [2.05, 4.69) is 27.5 Å². The van der Waals surface area contributed by atoms with Crippen molar-refractivity contribution in [2.45, 2.75) is 25.6 Å². The van der Waals surface area contributed by atoms with Gasteiger partial charge in [-0.25, -0.2) is 10.5 Å². The van der Waals surface area contributed by atoms with E-state index in [9.17, 15) is 14.7 Å². The highest BCUT2D eigenvalue weighted by atomic mass is 16.5. The molecule has 8 nitrogen and oxygen atoms in total. The second-order valence-corrected chi connectivity index (χ2v) is 7.27. The van der Waals surface area contributed by atoms with E-state index >= 15 is 0 Å². The van der Waals surface area contributed by atoms with E-state index in [1.807, 2.05) is 42.5 Å². The maximum atomic E-state index is 12.3. The maximum absolute atomic E-state index is 12.3. The monoisotopic (exact) mass is 444 g/mol. The summed E-state index contributed by atoms with van der Waals surface area (Å²) in [5, 5.41) is 24.0. The SMILES string of the molecule is CC(O)C(NC(=O)c1ccc(C#Cc2ccc(NCc3ccccc3)nc2)cc1)C(=O)NO. The molecule has 0 saturated carbocycles. The molecule has 2 atom stereocenters. The molecule has 0 radical (unpaired) electrons. The van der Waals surface area contributed by atoms with E-state index in [1.165, 1.54) is 18.0 Å². The van der Waals surface area contributed by atoms with Crippen LogP contribution in [0.4, 0.5) is 5.82 Å². The molecule has 2 aromatic carbocycles. The summed E-state index contributed by atoms with van der Waals surface area (Å²) in [4.78, 5) is 28.2. The minimum Gasteiger partial charge on any atom is -0.391 e. The number of pyridine rings is 1. The van der Waals surface area contributed by atoms with Crippen LogP contribution in [0.5, 0.6) is 0 Å². The van der Waals surface area contributed by atoms with Gasteiger partial charge in [-0.2, -0.15) is 0 Å². The van der Waals surface area contributed by atoms with Gasteiger partial charge in [-0.1, -0.05) is 42.2 Å². The van der Waals surface area contributed by atoms with Crippen molar-refractivity contribution in [3.05, 3.63) is 95.2 Å². The predicted molar refractivity (Wildman–Crippen MR) is 123 cm³/mol. The van der Waals surface area contributed by atoms with Gasteiger partial charge in [0.25, 0.3) is 11.8 Å². The van der Waals surface area contributed by atoms with Crippen LogP contribution in [-0.4, -0.2) is 39.3 Å². The van der Waals surface area contributed by atoms with E-state index in [1.54, 1.807) is 30.5 Å². The average molecular weight is 444 g/mol. The number of aliphatic hydroxyl groups excluding tert-OH is 1. The summed E-state index contributed by atoms with van der Waals surface area (Å²) in [6, 6.07) is 19.0. The van der Waals surface area contributed by atoms with Gasteiger partial charge in [-0.15, -0.1) is 0 Å². The molecule has 2 amide bonds. The molecule has 168 valence electrons. The van der Waals surface area contributed by atoms with Crippen molar-refractivity contribution in [1.29, 1.82) is 0 Å². The van der Waals surface area contributed by atoms with Gasteiger partial charge in [-0.05, 0) is 48.9 Å². The lowest BCUT2D eigenvalue weighted by Gasteiger charge is -2.19. The molecule has 0 aliphatic heterocycles. The van der Waals surface area contributed by atoms with Crippen molar-refractivity contribution < 1.29 is 19.9 Å². The van der Waals surface area contributed by atoms with Crippen molar-refractivity contribution in [3.63, 3.8) is 0 Å². The fourth-order valence-corrected chi connectivity index (χ4v) is 2.91. The zero-order valence-corrected chi connectivity index (χ0v) is 17.9. The van der Waals surface area contributed by atoms with E-state index < -0.39 is 24.0 Å². The third kappa shape index (κ3) is 6.90. The van der Waals surface area contributed by atoms with Gasteiger partial charge >= 0.3 is 0 Å². The molecule has 0 aliphatic carbocycles. The van der Waals surface area contributed by atoms with E-state index in [4.69, 9.17) is 5.21 Å². The average Bonchev–Trinajstić information content (AvgIpc) is 2.85. The number of hydrogen-bond acceptors (Lipinski definition) is 6. The van der Waals surface area contributed by atoms with Gasteiger partial charge in [0.15, 0.2) is 0 Å². The molecule has 3 rings (SSSR count). The van der Waals surface area contributed by atoms with Crippen molar-refractivity contribution in [1.82, 2.24) is 15.8 Å². The van der Waals surface area contributed by atoms with Gasteiger partial charge in [0.2, 0.25) is 0 Å². The number of benzene rings is 2. The fourth-order valence-electron chi connectivity index (χ4n) is 2.91. The Hall–Kier alpha value is -4.19. The van der Waals surface area contributed by atoms with Gasteiger partial charge in [0.05, 0.1) is 6.10 Å². The van der Waals surface area contributed by atoms with Crippen LogP contribution in [0, 0.1) is 11.8 Å². The Bertz CT molecular complexity index is 1140. The molecule has 0 spiro atoms. The zero-order chi connectivity index (χ0) is 23.6. The number of nitrogens with zero attached hydrogens (tertiary/aromatic N) is 1. The number of anilines is 1. The fraction of sp³-hybridized carbons (Fsp3) is 0.160. The van der Waals surface area contributed by atoms with Gasteiger partial charge in [0.1, 0.15) is 11.9 Å². The van der Waals surface area contributed by atoms with Crippen LogP contribution < -0.4 is 16.1 Å². The van der Waals surface area contributed by atoms with E-state index in [-0.39, 0.29) is 5.56 Å². The van der Waals surface area contributed by atoms with Crippen LogP contribution in [-0.2, 0) is 11.3 Å². The van der Waals surface area contributed by atoms with Gasteiger partial charge < -0.3 is 15.7 Å². The first-order valence-corrected chi connectivity index (χ1v) is 10.2. The summed E-state index contributed by atoms with van der Waals surface area (Å²) in [6.07, 6.45) is 0.504. The maximum Gasteiger partial charge on any atom is 0.268 e. The normalized spacial score (nSPS) is 12.0. The molecular formula is C25H24N4O4. The number of carbonyl (C=O) groups excluding carboxylic acids is 2. The molecular weight excluding hydrogens is 420 g/mol. The van der Waals surface area contributed by atoms with Crippen molar-refractivity contribution in [2.24, 2.45) is 0 Å². The number of hydroxylamine groups is 1. The summed E-state index contributed by atoms with van der Waals surface area (Å²) < 4.78 is 0. The Balaban J connectivity index is 1.58. The minimum absolute atomic E-state index is 0.285. The Morgan fingerprint density at radius 1 is 0.970 bits per heavy atom. The van der Waals surface area contributed by atoms with Crippen LogP contribution in [0.3, 0.4) is 0 Å². The Morgan fingerprint density at radius 3 is 2.24 bits per heavy atom. The molecule has 0 saturated heterocycles. The molecule has 0 fully saturated rings. The van der Waals surface area contributed by atoms with Crippen LogP contribution in [0.2, 0.25) is 0 Å². The minimum atomic E-state index is -1.28. The summed E-state index contributed by atoms with van der Waals surface area (Å²) in [5.74, 6) is 5.32. The largest absolute Gasteiger partial charge is 0.391 e. The van der Waals surface area contributed by atoms with Crippen LogP contribution >= 0.6 is 0 Å². The van der Waals surface area contributed by atoms with Crippen molar-refractivity contribution in [3.8, 4) is 11.8 Å². The highest BCUT2D eigenvalue weighted by Gasteiger charge is 2.25. The lowest BCUT2D eigenvalue weighted by molar-refractivity contribution is -0.133. The number of carbonyl (C=O) groups is 2. The summed E-state index contributed by atoms with van der Waals surface area (Å²) in [7, 11) is 0. The Kier molecular flexibility index (Phi) is 8.13. The number of rotatable bonds is 7. The highest BCUT2D eigenvalue weighted by molar-refractivity contribution is 5.97. The lowest BCUT2D eigenvalue weighted by Crippen LogP contribution is -2.51. The van der Waals surface area contributed by atoms with Crippen molar-refractivity contribution in [2.75, 3.05) is 5.32 Å². The number of amides is 2. The molecule has 0 aliphatic rings. The van der Waals surface area contributed by atoms with Crippen LogP contribution in [0.25, 0.3) is 0 Å². The number of aromatic nitrogens is 1. The van der Waals surface area contributed by atoms with Crippen LogP contribution in [0.15, 0.2) is 72.9 Å². The van der Waals surface area contributed by atoms with E-state index in [0.717, 1.165) is 11.4 Å². The highest BCUT2D eigenvalue weighted by Crippen LogP contribution is 2.08. The summed E-state index contributed by atoms with van der Waals surface area (Å²) >= 11 is 0.